The lowest BCUT2D eigenvalue weighted by Crippen LogP contribution is -2.45. The molecule has 144 valence electrons. The van der Waals surface area contributed by atoms with Gasteiger partial charge in [-0.1, -0.05) is 72.8 Å². The monoisotopic (exact) mass is 377 g/mol. The average molecular weight is 377 g/mol. The van der Waals surface area contributed by atoms with Gasteiger partial charge in [0, 0.05) is 13.5 Å². The van der Waals surface area contributed by atoms with Gasteiger partial charge in [0.15, 0.2) is 6.10 Å². The Kier molecular flexibility index (Phi) is 6.40. The fourth-order valence-corrected chi connectivity index (χ4v) is 3.30. The van der Waals surface area contributed by atoms with Crippen molar-refractivity contribution in [3.63, 3.8) is 0 Å². The Morgan fingerprint density at radius 2 is 1.57 bits per heavy atom. The van der Waals surface area contributed by atoms with E-state index in [0.717, 1.165) is 21.9 Å². The Balaban J connectivity index is 1.84. The molecule has 0 radical (unpaired) electrons. The summed E-state index contributed by atoms with van der Waals surface area (Å²) >= 11 is 0. The molecule has 0 aliphatic carbocycles. The molecule has 0 spiro atoms. The highest BCUT2D eigenvalue weighted by Gasteiger charge is 2.27. The molecule has 0 aromatic heterocycles. The van der Waals surface area contributed by atoms with Gasteiger partial charge < -0.3 is 14.8 Å². The summed E-state index contributed by atoms with van der Waals surface area (Å²) in [5.41, 5.74) is 1.68. The van der Waals surface area contributed by atoms with E-state index < -0.39 is 18.1 Å². The van der Waals surface area contributed by atoms with E-state index >= 15 is 0 Å². The second-order valence-corrected chi connectivity index (χ2v) is 6.45. The van der Waals surface area contributed by atoms with Crippen LogP contribution in [0.25, 0.3) is 10.8 Å². The minimum Gasteiger partial charge on any atom is -0.467 e. The molecule has 1 N–H and O–H groups in total. The Morgan fingerprint density at radius 1 is 0.893 bits per heavy atom. The molecule has 0 unspecified atom stereocenters. The summed E-state index contributed by atoms with van der Waals surface area (Å²) in [6.07, 6.45) is -0.480. The number of carbonyl (C=O) groups excluding carboxylic acids is 2. The molecule has 3 aromatic carbocycles. The molecule has 3 aromatic rings. The lowest BCUT2D eigenvalue weighted by atomic mass is 9.98. The molecule has 5 heteroatoms. The maximum atomic E-state index is 12.8. The van der Waals surface area contributed by atoms with Crippen molar-refractivity contribution in [2.24, 2.45) is 0 Å². The summed E-state index contributed by atoms with van der Waals surface area (Å²) in [7, 11) is 2.78. The molecule has 0 saturated heterocycles. The lowest BCUT2D eigenvalue weighted by Gasteiger charge is -2.21. The zero-order valence-corrected chi connectivity index (χ0v) is 15.9. The number of methoxy groups -OCH3 is 2. The highest BCUT2D eigenvalue weighted by Crippen LogP contribution is 2.21. The SMILES string of the molecule is COC(=O)[C@H](Cc1cccc2ccccc12)NC(=O)[C@@H](OC)c1ccccc1. The van der Waals surface area contributed by atoms with Crippen LogP contribution < -0.4 is 5.32 Å². The molecule has 5 nitrogen and oxygen atoms in total. The highest BCUT2D eigenvalue weighted by atomic mass is 16.5. The van der Waals surface area contributed by atoms with E-state index in [1.165, 1.54) is 14.2 Å². The maximum absolute atomic E-state index is 12.8. The van der Waals surface area contributed by atoms with Crippen LogP contribution in [0, 0.1) is 0 Å². The Morgan fingerprint density at radius 3 is 2.29 bits per heavy atom. The third-order valence-corrected chi connectivity index (χ3v) is 4.68. The number of hydrogen-bond acceptors (Lipinski definition) is 4. The number of benzene rings is 3. The van der Waals surface area contributed by atoms with Crippen LogP contribution >= 0.6 is 0 Å². The van der Waals surface area contributed by atoms with Gasteiger partial charge >= 0.3 is 5.97 Å². The Hall–Kier alpha value is -3.18. The summed E-state index contributed by atoms with van der Waals surface area (Å²) in [5.74, 6) is -0.881. The molecular formula is C23H23NO4. The number of carbonyl (C=O) groups is 2. The number of rotatable bonds is 7. The number of ether oxygens (including phenoxy) is 2. The molecule has 0 aliphatic rings. The fourth-order valence-electron chi connectivity index (χ4n) is 3.30. The fraction of sp³-hybridized carbons (Fsp3) is 0.217. The molecule has 2 atom stereocenters. The van der Waals surface area contributed by atoms with Crippen LogP contribution in [0.4, 0.5) is 0 Å². The van der Waals surface area contributed by atoms with Gasteiger partial charge in [0.1, 0.15) is 6.04 Å². The summed E-state index contributed by atoms with van der Waals surface area (Å²) < 4.78 is 10.3. The van der Waals surface area contributed by atoms with Crippen LogP contribution in [0.15, 0.2) is 72.8 Å². The number of hydrogen-bond donors (Lipinski definition) is 1. The predicted molar refractivity (Wildman–Crippen MR) is 108 cm³/mol. The largest absolute Gasteiger partial charge is 0.467 e. The van der Waals surface area contributed by atoms with E-state index in [9.17, 15) is 9.59 Å². The molecule has 0 bridgehead atoms. The zero-order valence-electron chi connectivity index (χ0n) is 15.9. The molecular weight excluding hydrogens is 354 g/mol. The third-order valence-electron chi connectivity index (χ3n) is 4.68. The van der Waals surface area contributed by atoms with Gasteiger partial charge in [-0.2, -0.15) is 0 Å². The van der Waals surface area contributed by atoms with E-state index in [4.69, 9.17) is 9.47 Å². The van der Waals surface area contributed by atoms with Crippen LogP contribution in [-0.2, 0) is 25.5 Å². The van der Waals surface area contributed by atoms with Crippen molar-refractivity contribution in [1.82, 2.24) is 5.32 Å². The second kappa shape index (κ2) is 9.15. The van der Waals surface area contributed by atoms with Crippen molar-refractivity contribution >= 4 is 22.6 Å². The zero-order chi connectivity index (χ0) is 19.9. The molecule has 3 rings (SSSR count). The first-order valence-corrected chi connectivity index (χ1v) is 9.06. The first kappa shape index (κ1) is 19.6. The van der Waals surface area contributed by atoms with Crippen molar-refractivity contribution in [3.05, 3.63) is 83.9 Å². The minimum atomic E-state index is -0.815. The molecule has 0 aliphatic heterocycles. The van der Waals surface area contributed by atoms with Gasteiger partial charge in [-0.3, -0.25) is 4.79 Å². The van der Waals surface area contributed by atoms with E-state index in [1.807, 2.05) is 72.8 Å². The normalized spacial score (nSPS) is 12.9. The van der Waals surface area contributed by atoms with Gasteiger partial charge in [-0.25, -0.2) is 4.79 Å². The van der Waals surface area contributed by atoms with Gasteiger partial charge in [-0.05, 0) is 21.9 Å². The average Bonchev–Trinajstić information content (AvgIpc) is 2.74. The van der Waals surface area contributed by atoms with E-state index in [1.54, 1.807) is 0 Å². The Labute approximate surface area is 164 Å². The summed E-state index contributed by atoms with van der Waals surface area (Å²) in [6.45, 7) is 0. The van der Waals surface area contributed by atoms with Gasteiger partial charge in [-0.15, -0.1) is 0 Å². The van der Waals surface area contributed by atoms with Crippen molar-refractivity contribution in [2.75, 3.05) is 14.2 Å². The Bertz CT molecular complexity index is 950. The third kappa shape index (κ3) is 4.38. The number of nitrogens with one attached hydrogen (secondary N) is 1. The van der Waals surface area contributed by atoms with Crippen molar-refractivity contribution < 1.29 is 19.1 Å². The number of amides is 1. The van der Waals surface area contributed by atoms with Crippen molar-refractivity contribution in [1.29, 1.82) is 0 Å². The van der Waals surface area contributed by atoms with Crippen molar-refractivity contribution in [3.8, 4) is 0 Å². The number of esters is 1. The molecule has 28 heavy (non-hydrogen) atoms. The van der Waals surface area contributed by atoms with E-state index in [2.05, 4.69) is 5.32 Å². The molecule has 1 amide bonds. The van der Waals surface area contributed by atoms with E-state index in [-0.39, 0.29) is 5.91 Å². The highest BCUT2D eigenvalue weighted by molar-refractivity contribution is 5.89. The van der Waals surface area contributed by atoms with Gasteiger partial charge in [0.05, 0.1) is 7.11 Å². The second-order valence-electron chi connectivity index (χ2n) is 6.45. The predicted octanol–water partition coefficient (Wildman–Crippen LogP) is 3.43. The first-order valence-electron chi connectivity index (χ1n) is 9.06. The van der Waals surface area contributed by atoms with E-state index in [0.29, 0.717) is 6.42 Å². The van der Waals surface area contributed by atoms with Crippen LogP contribution in [0.1, 0.15) is 17.2 Å². The summed E-state index contributed by atoms with van der Waals surface area (Å²) in [4.78, 5) is 25.2. The molecule has 0 fully saturated rings. The van der Waals surface area contributed by atoms with Crippen molar-refractivity contribution in [2.45, 2.75) is 18.6 Å². The van der Waals surface area contributed by atoms with Crippen LogP contribution in [-0.4, -0.2) is 32.1 Å². The molecule has 0 heterocycles. The lowest BCUT2D eigenvalue weighted by molar-refractivity contribution is -0.146. The maximum Gasteiger partial charge on any atom is 0.328 e. The standard InChI is InChI=1S/C23H23NO4/c1-27-21(17-10-4-3-5-11-17)22(25)24-20(23(26)28-2)15-18-13-8-12-16-9-6-7-14-19(16)18/h3-14,20-21H,15H2,1-2H3,(H,24,25)/t20-,21-/m0/s1. The van der Waals surface area contributed by atoms with Crippen LogP contribution in [0.2, 0.25) is 0 Å². The van der Waals surface area contributed by atoms with Gasteiger partial charge in [0.2, 0.25) is 0 Å². The summed E-state index contributed by atoms with van der Waals surface area (Å²) in [5, 5.41) is 4.91. The summed E-state index contributed by atoms with van der Waals surface area (Å²) in [6, 6.07) is 22.2. The minimum absolute atomic E-state index is 0.324. The first-order chi connectivity index (χ1) is 13.6. The van der Waals surface area contributed by atoms with Crippen LogP contribution in [0.5, 0.6) is 0 Å². The van der Waals surface area contributed by atoms with Gasteiger partial charge in [0.25, 0.3) is 5.91 Å². The quantitative estimate of drug-likeness (QED) is 0.641. The topological polar surface area (TPSA) is 64.6 Å². The van der Waals surface area contributed by atoms with Crippen LogP contribution in [0.3, 0.4) is 0 Å². The smallest absolute Gasteiger partial charge is 0.328 e. The number of fused-ring (bicyclic) bond motifs is 1. The molecule has 0 saturated carbocycles.